The van der Waals surface area contributed by atoms with Gasteiger partial charge in [-0.05, 0) is 58.0 Å². The average molecular weight is 465 g/mol. The summed E-state index contributed by atoms with van der Waals surface area (Å²) in [4.78, 5) is 0. The Balaban J connectivity index is 1.53. The predicted molar refractivity (Wildman–Crippen MR) is 148 cm³/mol. The fourth-order valence-electron chi connectivity index (χ4n) is 6.66. The molecule has 174 valence electrons. The fraction of sp³-hybridized carbons (Fsp3) is 0.143. The Labute approximate surface area is 213 Å². The molecule has 0 spiro atoms. The molecular weight excluding hydrogens is 436 g/mol. The van der Waals surface area contributed by atoms with Crippen molar-refractivity contribution in [3.05, 3.63) is 143 Å². The van der Waals surface area contributed by atoms with Gasteiger partial charge in [0, 0.05) is 22.0 Å². The van der Waals surface area contributed by atoms with E-state index in [0.29, 0.717) is 0 Å². The van der Waals surface area contributed by atoms with Crippen LogP contribution in [0.5, 0.6) is 11.5 Å². The summed E-state index contributed by atoms with van der Waals surface area (Å²) in [7, 11) is 0. The van der Waals surface area contributed by atoms with Gasteiger partial charge in [-0.1, -0.05) is 117 Å². The number of benzene rings is 5. The van der Waals surface area contributed by atoms with Crippen molar-refractivity contribution in [2.75, 3.05) is 0 Å². The van der Waals surface area contributed by atoms with Gasteiger partial charge in [-0.15, -0.1) is 0 Å². The Morgan fingerprint density at radius 1 is 0.472 bits per heavy atom. The number of hydrogen-bond acceptors (Lipinski definition) is 1. The molecule has 0 radical (unpaired) electrons. The first-order valence-corrected chi connectivity index (χ1v) is 12.7. The van der Waals surface area contributed by atoms with Gasteiger partial charge in [0.25, 0.3) is 0 Å². The number of para-hydroxylation sites is 1. The summed E-state index contributed by atoms with van der Waals surface area (Å²) in [5.41, 5.74) is 11.3. The van der Waals surface area contributed by atoms with Gasteiger partial charge >= 0.3 is 0 Å². The van der Waals surface area contributed by atoms with Gasteiger partial charge in [-0.3, -0.25) is 0 Å². The fourth-order valence-corrected chi connectivity index (χ4v) is 6.66. The van der Waals surface area contributed by atoms with Crippen molar-refractivity contribution in [1.29, 1.82) is 0 Å². The van der Waals surface area contributed by atoms with Gasteiger partial charge in [0.1, 0.15) is 11.5 Å². The van der Waals surface area contributed by atoms with Crippen LogP contribution in [-0.4, -0.2) is 0 Å². The highest BCUT2D eigenvalue weighted by molar-refractivity contribution is 5.95. The van der Waals surface area contributed by atoms with Crippen LogP contribution in [0.3, 0.4) is 0 Å². The second-order valence-corrected chi connectivity index (χ2v) is 10.7. The Morgan fingerprint density at radius 2 is 1.06 bits per heavy atom. The van der Waals surface area contributed by atoms with E-state index in [1.54, 1.807) is 0 Å². The zero-order valence-corrected chi connectivity index (χ0v) is 20.9. The summed E-state index contributed by atoms with van der Waals surface area (Å²) in [5, 5.41) is 0. The van der Waals surface area contributed by atoms with Crippen molar-refractivity contribution < 1.29 is 4.74 Å². The van der Waals surface area contributed by atoms with Crippen LogP contribution in [0.15, 0.2) is 115 Å². The third-order valence-corrected chi connectivity index (χ3v) is 8.41. The maximum absolute atomic E-state index is 6.47. The largest absolute Gasteiger partial charge is 0.457 e. The summed E-state index contributed by atoms with van der Waals surface area (Å²) in [6, 6.07) is 41.6. The number of hydrogen-bond donors (Lipinski definition) is 0. The Kier molecular flexibility index (Phi) is 4.39. The van der Waals surface area contributed by atoms with Crippen LogP contribution >= 0.6 is 0 Å². The standard InChI is InChI=1S/C35H28O/c1-34(2)28-19-9-10-21-30(28)36-31-22-12-17-25(33(31)34)24-16-11-20-29-32(24)26-15-7-8-18-27(26)35(29,3)23-13-5-4-6-14-23/h4-22H,1-3H3. The number of rotatable bonds is 2. The molecule has 1 atom stereocenters. The van der Waals surface area contributed by atoms with E-state index in [1.165, 1.54) is 50.1 Å². The molecule has 5 aromatic rings. The third-order valence-electron chi connectivity index (χ3n) is 8.41. The van der Waals surface area contributed by atoms with Crippen molar-refractivity contribution >= 4 is 0 Å². The van der Waals surface area contributed by atoms with Gasteiger partial charge in [-0.2, -0.15) is 0 Å². The van der Waals surface area contributed by atoms with Gasteiger partial charge in [-0.25, -0.2) is 0 Å². The highest BCUT2D eigenvalue weighted by Crippen LogP contribution is 2.57. The van der Waals surface area contributed by atoms with Crippen LogP contribution in [-0.2, 0) is 10.8 Å². The maximum atomic E-state index is 6.47. The lowest BCUT2D eigenvalue weighted by atomic mass is 9.71. The molecule has 0 saturated carbocycles. The molecular formula is C35H28O. The molecule has 1 aliphatic carbocycles. The maximum Gasteiger partial charge on any atom is 0.132 e. The lowest BCUT2D eigenvalue weighted by Gasteiger charge is -2.36. The van der Waals surface area contributed by atoms with Crippen LogP contribution in [0.4, 0.5) is 0 Å². The molecule has 36 heavy (non-hydrogen) atoms. The molecule has 0 bridgehead atoms. The molecule has 1 heterocycles. The highest BCUT2D eigenvalue weighted by atomic mass is 16.5. The van der Waals surface area contributed by atoms with E-state index >= 15 is 0 Å². The molecule has 0 N–H and O–H groups in total. The molecule has 0 fully saturated rings. The minimum absolute atomic E-state index is 0.190. The van der Waals surface area contributed by atoms with Crippen LogP contribution in [0.1, 0.15) is 48.6 Å². The first kappa shape index (κ1) is 21.2. The van der Waals surface area contributed by atoms with Crippen molar-refractivity contribution in [3.63, 3.8) is 0 Å². The van der Waals surface area contributed by atoms with Gasteiger partial charge in [0.15, 0.2) is 0 Å². The van der Waals surface area contributed by atoms with Crippen LogP contribution < -0.4 is 4.74 Å². The molecule has 1 aliphatic heterocycles. The Bertz CT molecular complexity index is 1640. The summed E-state index contributed by atoms with van der Waals surface area (Å²) in [6.45, 7) is 7.02. The summed E-state index contributed by atoms with van der Waals surface area (Å²) in [5.74, 6) is 1.90. The molecule has 1 heteroatoms. The normalized spacial score (nSPS) is 18.4. The summed E-state index contributed by atoms with van der Waals surface area (Å²) >= 11 is 0. The number of fused-ring (bicyclic) bond motifs is 5. The Morgan fingerprint density at radius 3 is 1.89 bits per heavy atom. The van der Waals surface area contributed by atoms with Gasteiger partial charge < -0.3 is 4.74 Å². The smallest absolute Gasteiger partial charge is 0.132 e. The molecule has 0 amide bonds. The molecule has 0 aromatic heterocycles. The summed E-state index contributed by atoms with van der Waals surface area (Å²) in [6.07, 6.45) is 0. The van der Waals surface area contributed by atoms with Crippen LogP contribution in [0, 0.1) is 0 Å². The topological polar surface area (TPSA) is 9.23 Å². The molecule has 1 unspecified atom stereocenters. The van der Waals surface area contributed by atoms with Crippen molar-refractivity contribution in [2.45, 2.75) is 31.6 Å². The second kappa shape index (κ2) is 7.45. The monoisotopic (exact) mass is 464 g/mol. The number of ether oxygens (including phenoxy) is 1. The average Bonchev–Trinajstić information content (AvgIpc) is 3.19. The van der Waals surface area contributed by atoms with Gasteiger partial charge in [0.2, 0.25) is 0 Å². The van der Waals surface area contributed by atoms with Crippen molar-refractivity contribution in [1.82, 2.24) is 0 Å². The molecule has 7 rings (SSSR count). The first-order chi connectivity index (χ1) is 17.5. The molecule has 2 aliphatic rings. The minimum atomic E-state index is -0.212. The van der Waals surface area contributed by atoms with Gasteiger partial charge in [0.05, 0.1) is 0 Å². The molecule has 1 nitrogen and oxygen atoms in total. The van der Waals surface area contributed by atoms with E-state index in [1.807, 2.05) is 0 Å². The Hall–Kier alpha value is -4.10. The predicted octanol–water partition coefficient (Wildman–Crippen LogP) is 9.12. The second-order valence-electron chi connectivity index (χ2n) is 10.7. The van der Waals surface area contributed by atoms with Crippen molar-refractivity contribution in [3.8, 4) is 33.8 Å². The third kappa shape index (κ3) is 2.72. The van der Waals surface area contributed by atoms with E-state index in [-0.39, 0.29) is 10.8 Å². The highest BCUT2D eigenvalue weighted by Gasteiger charge is 2.43. The van der Waals surface area contributed by atoms with E-state index in [4.69, 9.17) is 4.74 Å². The minimum Gasteiger partial charge on any atom is -0.457 e. The van der Waals surface area contributed by atoms with E-state index in [0.717, 1.165) is 11.5 Å². The molecule has 5 aromatic carbocycles. The van der Waals surface area contributed by atoms with E-state index in [9.17, 15) is 0 Å². The van der Waals surface area contributed by atoms with Crippen molar-refractivity contribution in [2.24, 2.45) is 0 Å². The zero-order valence-electron chi connectivity index (χ0n) is 20.9. The van der Waals surface area contributed by atoms with Crippen LogP contribution in [0.2, 0.25) is 0 Å². The quantitative estimate of drug-likeness (QED) is 0.253. The van der Waals surface area contributed by atoms with E-state index < -0.39 is 0 Å². The lowest BCUT2D eigenvalue weighted by molar-refractivity contribution is 0.419. The molecule has 0 saturated heterocycles. The lowest BCUT2D eigenvalue weighted by Crippen LogP contribution is -2.25. The van der Waals surface area contributed by atoms with E-state index in [2.05, 4.69) is 136 Å². The SMILES string of the molecule is CC1(C)c2ccccc2Oc2cccc(-c3cccc4c3-c3ccccc3C4(C)c3ccccc3)c21. The first-order valence-electron chi connectivity index (χ1n) is 12.7. The van der Waals surface area contributed by atoms with Crippen LogP contribution in [0.25, 0.3) is 22.3 Å². The summed E-state index contributed by atoms with van der Waals surface area (Å²) < 4.78 is 6.47. The zero-order chi connectivity index (χ0) is 24.5.